The number of thiazole rings is 1. The third-order valence-electron chi connectivity index (χ3n) is 3.50. The van der Waals surface area contributed by atoms with Gasteiger partial charge in [0, 0.05) is 5.69 Å². The third-order valence-corrected chi connectivity index (χ3v) is 4.97. The Morgan fingerprint density at radius 2 is 2.00 bits per heavy atom. The van der Waals surface area contributed by atoms with Crippen LogP contribution in [0.3, 0.4) is 0 Å². The highest BCUT2D eigenvalue weighted by Crippen LogP contribution is 2.35. The van der Waals surface area contributed by atoms with Crippen LogP contribution in [0.5, 0.6) is 0 Å². The number of benzene rings is 2. The van der Waals surface area contributed by atoms with E-state index in [2.05, 4.69) is 11.1 Å². The van der Waals surface area contributed by atoms with E-state index >= 15 is 0 Å². The van der Waals surface area contributed by atoms with Gasteiger partial charge in [-0.25, -0.2) is 9.37 Å². The molecule has 3 aromatic rings. The second-order valence-corrected chi connectivity index (χ2v) is 6.81. The molecule has 0 fully saturated rings. The Balaban J connectivity index is 2.01. The second-order valence-electron chi connectivity index (χ2n) is 5.23. The van der Waals surface area contributed by atoms with Gasteiger partial charge in [-0.15, -0.1) is 0 Å². The molecule has 24 heavy (non-hydrogen) atoms. The summed E-state index contributed by atoms with van der Waals surface area (Å²) in [5, 5.41) is 9.68. The van der Waals surface area contributed by atoms with Crippen molar-refractivity contribution in [3.05, 3.63) is 75.5 Å². The molecule has 6 heteroatoms. The maximum Gasteiger partial charge on any atom is 0.191 e. The first kappa shape index (κ1) is 16.4. The van der Waals surface area contributed by atoms with Crippen molar-refractivity contribution in [1.82, 2.24) is 4.98 Å². The summed E-state index contributed by atoms with van der Waals surface area (Å²) >= 11 is 7.54. The molecule has 0 aliphatic heterocycles. The highest BCUT2D eigenvalue weighted by atomic mass is 35.5. The fraction of sp³-hybridized carbons (Fsp3) is 0.111. The van der Waals surface area contributed by atoms with Crippen LogP contribution in [0.15, 0.2) is 48.5 Å². The van der Waals surface area contributed by atoms with Crippen molar-refractivity contribution in [2.24, 2.45) is 0 Å². The van der Waals surface area contributed by atoms with Crippen LogP contribution >= 0.6 is 22.9 Å². The van der Waals surface area contributed by atoms with Crippen molar-refractivity contribution in [2.45, 2.75) is 13.5 Å². The predicted octanol–water partition coefficient (Wildman–Crippen LogP) is 5.45. The van der Waals surface area contributed by atoms with Gasteiger partial charge in [0.25, 0.3) is 0 Å². The molecule has 0 amide bonds. The summed E-state index contributed by atoms with van der Waals surface area (Å²) in [5.74, 6) is -0.277. The number of hydrogen-bond acceptors (Lipinski definition) is 4. The summed E-state index contributed by atoms with van der Waals surface area (Å²) in [5.41, 5.74) is 3.03. The molecule has 1 heterocycles. The Labute approximate surface area is 148 Å². The van der Waals surface area contributed by atoms with Gasteiger partial charge in [-0.3, -0.25) is 0 Å². The smallest absolute Gasteiger partial charge is 0.191 e. The average Bonchev–Trinajstić information content (AvgIpc) is 2.92. The Morgan fingerprint density at radius 1 is 1.25 bits per heavy atom. The van der Waals surface area contributed by atoms with Crippen LogP contribution in [0.2, 0.25) is 4.34 Å². The highest BCUT2D eigenvalue weighted by Gasteiger charge is 2.16. The van der Waals surface area contributed by atoms with E-state index in [9.17, 15) is 4.39 Å². The number of halogens is 2. The van der Waals surface area contributed by atoms with E-state index in [0.717, 1.165) is 22.1 Å². The topological polar surface area (TPSA) is 39.9 Å². The lowest BCUT2D eigenvalue weighted by Gasteiger charge is -2.22. The minimum Gasteiger partial charge on any atom is -0.313 e. The Morgan fingerprint density at radius 3 is 2.58 bits per heavy atom. The van der Waals surface area contributed by atoms with Gasteiger partial charge in [0.15, 0.2) is 5.13 Å². The number of hydrogen-bond donors (Lipinski definition) is 0. The molecule has 0 atom stereocenters. The molecule has 3 rings (SSSR count). The van der Waals surface area contributed by atoms with Gasteiger partial charge < -0.3 is 4.90 Å². The number of rotatable bonds is 4. The lowest BCUT2D eigenvalue weighted by molar-refractivity contribution is 0.625. The van der Waals surface area contributed by atoms with Crippen molar-refractivity contribution in [3.8, 4) is 6.07 Å². The van der Waals surface area contributed by atoms with Crippen LogP contribution in [0.4, 0.5) is 15.2 Å². The molecule has 0 N–H and O–H groups in total. The van der Waals surface area contributed by atoms with Crippen molar-refractivity contribution >= 4 is 33.8 Å². The quantitative estimate of drug-likeness (QED) is 0.623. The van der Waals surface area contributed by atoms with Crippen molar-refractivity contribution in [3.63, 3.8) is 0 Å². The van der Waals surface area contributed by atoms with Crippen molar-refractivity contribution in [2.75, 3.05) is 4.90 Å². The molecule has 3 nitrogen and oxygen atoms in total. The van der Waals surface area contributed by atoms with Gasteiger partial charge in [0.1, 0.15) is 10.2 Å². The van der Waals surface area contributed by atoms with E-state index in [0.29, 0.717) is 16.4 Å². The average molecular weight is 358 g/mol. The number of nitriles is 1. The first-order valence-electron chi connectivity index (χ1n) is 7.22. The fourth-order valence-corrected chi connectivity index (χ4v) is 3.35. The van der Waals surface area contributed by atoms with Crippen LogP contribution in [0, 0.1) is 24.1 Å². The van der Waals surface area contributed by atoms with Crippen LogP contribution in [0.1, 0.15) is 16.8 Å². The van der Waals surface area contributed by atoms with E-state index in [1.165, 1.54) is 23.5 Å². The number of aryl methyl sites for hydroxylation is 1. The van der Waals surface area contributed by atoms with Gasteiger partial charge >= 0.3 is 0 Å². The molecule has 0 spiro atoms. The molecule has 1 aromatic heterocycles. The van der Waals surface area contributed by atoms with Gasteiger partial charge in [-0.2, -0.15) is 5.26 Å². The van der Waals surface area contributed by atoms with Crippen molar-refractivity contribution < 1.29 is 4.39 Å². The zero-order valence-electron chi connectivity index (χ0n) is 12.8. The first-order valence-corrected chi connectivity index (χ1v) is 8.41. The molecule has 0 saturated carbocycles. The summed E-state index contributed by atoms with van der Waals surface area (Å²) in [6, 6.07) is 15.8. The molecule has 0 unspecified atom stereocenters. The maximum atomic E-state index is 13.5. The second kappa shape index (κ2) is 7.00. The normalized spacial score (nSPS) is 10.4. The van der Waals surface area contributed by atoms with Crippen molar-refractivity contribution in [1.29, 1.82) is 5.26 Å². The summed E-state index contributed by atoms with van der Waals surface area (Å²) < 4.78 is 14.1. The van der Waals surface area contributed by atoms with E-state index in [1.54, 1.807) is 18.2 Å². The molecule has 0 aliphatic carbocycles. The zero-order valence-corrected chi connectivity index (χ0v) is 14.4. The number of nitrogens with zero attached hydrogens (tertiary/aromatic N) is 3. The Bertz CT molecular complexity index is 880. The number of anilines is 2. The minimum atomic E-state index is -0.277. The zero-order chi connectivity index (χ0) is 17.1. The predicted molar refractivity (Wildman–Crippen MR) is 95.3 cm³/mol. The number of aromatic nitrogens is 1. The molecule has 120 valence electrons. The van der Waals surface area contributed by atoms with Crippen LogP contribution in [0.25, 0.3) is 0 Å². The summed E-state index contributed by atoms with van der Waals surface area (Å²) in [4.78, 5) is 6.46. The Kier molecular flexibility index (Phi) is 4.79. The van der Waals surface area contributed by atoms with Crippen LogP contribution in [-0.4, -0.2) is 4.98 Å². The van der Waals surface area contributed by atoms with Crippen LogP contribution in [-0.2, 0) is 6.54 Å². The lowest BCUT2D eigenvalue weighted by Crippen LogP contribution is -2.16. The van der Waals surface area contributed by atoms with E-state index < -0.39 is 0 Å². The monoisotopic (exact) mass is 357 g/mol. The molecule has 0 bridgehead atoms. The molecule has 2 aromatic carbocycles. The molecular formula is C18H13ClFN3S. The standard InChI is InChI=1S/C18H13ClFN3S/c1-12-17(19)24-18(22-12)23(11-14-3-2-4-15(20)9-14)16-7-5-13(10-21)6-8-16/h2-9H,11H2,1H3. The lowest BCUT2D eigenvalue weighted by atomic mass is 10.1. The van der Waals surface area contributed by atoms with Gasteiger partial charge in [0.2, 0.25) is 0 Å². The minimum absolute atomic E-state index is 0.277. The van der Waals surface area contributed by atoms with Gasteiger partial charge in [-0.1, -0.05) is 35.1 Å². The summed E-state index contributed by atoms with van der Waals surface area (Å²) in [6.45, 7) is 2.30. The van der Waals surface area contributed by atoms with E-state index in [1.807, 2.05) is 30.0 Å². The van der Waals surface area contributed by atoms with Crippen LogP contribution < -0.4 is 4.90 Å². The molecule has 0 aliphatic rings. The molecular weight excluding hydrogens is 345 g/mol. The SMILES string of the molecule is Cc1nc(N(Cc2cccc(F)c2)c2ccc(C#N)cc2)sc1Cl. The Hall–Kier alpha value is -2.42. The third kappa shape index (κ3) is 3.56. The van der Waals surface area contributed by atoms with E-state index in [4.69, 9.17) is 16.9 Å². The summed E-state index contributed by atoms with van der Waals surface area (Å²) in [7, 11) is 0. The van der Waals surface area contributed by atoms with Gasteiger partial charge in [-0.05, 0) is 48.9 Å². The highest BCUT2D eigenvalue weighted by molar-refractivity contribution is 7.19. The first-order chi connectivity index (χ1) is 11.6. The summed E-state index contributed by atoms with van der Waals surface area (Å²) in [6.07, 6.45) is 0. The largest absolute Gasteiger partial charge is 0.313 e. The van der Waals surface area contributed by atoms with Gasteiger partial charge in [0.05, 0.1) is 23.9 Å². The fourth-order valence-electron chi connectivity index (χ4n) is 2.28. The maximum absolute atomic E-state index is 13.5. The molecule has 0 saturated heterocycles. The van der Waals surface area contributed by atoms with E-state index in [-0.39, 0.29) is 5.82 Å². The molecule has 0 radical (unpaired) electrons.